The molecule has 0 unspecified atom stereocenters. The molecule has 5 rings (SSSR count). The second kappa shape index (κ2) is 10.1. The van der Waals surface area contributed by atoms with Crippen molar-refractivity contribution in [3.05, 3.63) is 72.3 Å². The summed E-state index contributed by atoms with van der Waals surface area (Å²) in [5.41, 5.74) is 5.20. The summed E-state index contributed by atoms with van der Waals surface area (Å²) in [4.78, 5) is 22.7. The molecule has 35 heavy (non-hydrogen) atoms. The largest absolute Gasteiger partial charge is 0.497 e. The summed E-state index contributed by atoms with van der Waals surface area (Å²) in [6, 6.07) is 20.9. The zero-order chi connectivity index (χ0) is 24.2. The molecule has 4 aromatic rings. The number of methoxy groups -OCH3 is 2. The highest BCUT2D eigenvalue weighted by atomic mass is 16.5. The van der Waals surface area contributed by atoms with Gasteiger partial charge in [0.15, 0.2) is 0 Å². The Bertz CT molecular complexity index is 1330. The minimum absolute atomic E-state index is 0.0907. The van der Waals surface area contributed by atoms with Gasteiger partial charge in [0.25, 0.3) is 5.91 Å². The summed E-state index contributed by atoms with van der Waals surface area (Å²) in [6.07, 6.45) is 2.10. The van der Waals surface area contributed by atoms with Crippen molar-refractivity contribution in [3.63, 3.8) is 0 Å². The van der Waals surface area contributed by atoms with Crippen LogP contribution >= 0.6 is 0 Å². The summed E-state index contributed by atoms with van der Waals surface area (Å²) in [5, 5.41) is 2.97. The number of hydrogen-bond donors (Lipinski definition) is 1. The van der Waals surface area contributed by atoms with Crippen LogP contribution in [0.15, 0.2) is 66.7 Å². The number of aromatic nitrogens is 2. The van der Waals surface area contributed by atoms with Crippen molar-refractivity contribution in [2.45, 2.75) is 18.9 Å². The van der Waals surface area contributed by atoms with E-state index in [-0.39, 0.29) is 12.0 Å². The van der Waals surface area contributed by atoms with E-state index in [2.05, 4.69) is 5.32 Å². The second-order valence-electron chi connectivity index (χ2n) is 8.43. The van der Waals surface area contributed by atoms with Gasteiger partial charge in [0.05, 0.1) is 42.7 Å². The molecule has 178 valence electrons. The van der Waals surface area contributed by atoms with Crippen LogP contribution in [0.1, 0.15) is 23.2 Å². The number of nitrogens with one attached hydrogen (secondary N) is 1. The average molecular weight is 470 g/mol. The number of hydrogen-bond acceptors (Lipinski definition) is 6. The van der Waals surface area contributed by atoms with E-state index in [4.69, 9.17) is 24.2 Å². The molecule has 0 spiro atoms. The quantitative estimate of drug-likeness (QED) is 0.415. The zero-order valence-corrected chi connectivity index (χ0v) is 19.8. The fourth-order valence-corrected chi connectivity index (χ4v) is 4.21. The minimum Gasteiger partial charge on any atom is -0.497 e. The van der Waals surface area contributed by atoms with Crippen molar-refractivity contribution in [3.8, 4) is 34.0 Å². The van der Waals surface area contributed by atoms with Crippen molar-refractivity contribution >= 4 is 16.9 Å². The van der Waals surface area contributed by atoms with Crippen LogP contribution in [0.3, 0.4) is 0 Å². The lowest BCUT2D eigenvalue weighted by Crippen LogP contribution is -2.31. The van der Waals surface area contributed by atoms with Crippen LogP contribution in [-0.2, 0) is 4.74 Å². The van der Waals surface area contributed by atoms with E-state index >= 15 is 0 Å². The lowest BCUT2D eigenvalue weighted by atomic mass is 10.0. The summed E-state index contributed by atoms with van der Waals surface area (Å²) in [6.45, 7) is 1.27. The highest BCUT2D eigenvalue weighted by molar-refractivity contribution is 5.98. The van der Waals surface area contributed by atoms with Crippen molar-refractivity contribution in [2.24, 2.45) is 0 Å². The summed E-state index contributed by atoms with van der Waals surface area (Å²) < 4.78 is 16.2. The molecule has 0 radical (unpaired) electrons. The molecular weight excluding hydrogens is 442 g/mol. The molecular formula is C28H27N3O4. The number of ether oxygens (including phenoxy) is 3. The Morgan fingerprint density at radius 2 is 1.49 bits per heavy atom. The summed E-state index contributed by atoms with van der Waals surface area (Å²) in [5.74, 6) is 1.39. The van der Waals surface area contributed by atoms with Gasteiger partial charge < -0.3 is 19.5 Å². The Kier molecular flexibility index (Phi) is 6.59. The Morgan fingerprint density at radius 1 is 0.886 bits per heavy atom. The van der Waals surface area contributed by atoms with Crippen LogP contribution < -0.4 is 14.8 Å². The van der Waals surface area contributed by atoms with E-state index in [1.54, 1.807) is 26.4 Å². The van der Waals surface area contributed by atoms with Crippen LogP contribution in [0, 0.1) is 0 Å². The summed E-state index contributed by atoms with van der Waals surface area (Å²) >= 11 is 0. The fourth-order valence-electron chi connectivity index (χ4n) is 4.21. The lowest BCUT2D eigenvalue weighted by Gasteiger charge is -2.13. The predicted molar refractivity (Wildman–Crippen MR) is 135 cm³/mol. The fraction of sp³-hybridized carbons (Fsp3) is 0.250. The molecule has 7 heteroatoms. The number of benzene rings is 3. The van der Waals surface area contributed by atoms with E-state index in [0.29, 0.717) is 23.1 Å². The maximum absolute atomic E-state index is 12.8. The normalized spacial score (nSPS) is 15.2. The smallest absolute Gasteiger partial charge is 0.251 e. The van der Waals surface area contributed by atoms with Gasteiger partial charge in [0.1, 0.15) is 11.5 Å². The van der Waals surface area contributed by atoms with Gasteiger partial charge in [-0.3, -0.25) is 4.79 Å². The number of fused-ring (bicyclic) bond motifs is 1. The molecule has 1 fully saturated rings. The molecule has 2 heterocycles. The highest BCUT2D eigenvalue weighted by Crippen LogP contribution is 2.33. The average Bonchev–Trinajstić information content (AvgIpc) is 3.44. The van der Waals surface area contributed by atoms with Gasteiger partial charge in [-0.15, -0.1) is 0 Å². The lowest BCUT2D eigenvalue weighted by molar-refractivity contribution is 0.0858. The highest BCUT2D eigenvalue weighted by Gasteiger charge is 2.18. The number of amides is 1. The molecule has 1 aliphatic heterocycles. The van der Waals surface area contributed by atoms with Crippen molar-refractivity contribution in [1.29, 1.82) is 0 Å². The third-order valence-corrected chi connectivity index (χ3v) is 6.17. The molecule has 1 amide bonds. The van der Waals surface area contributed by atoms with E-state index in [9.17, 15) is 4.79 Å². The number of nitrogens with zero attached hydrogens (tertiary/aromatic N) is 2. The first-order valence-corrected chi connectivity index (χ1v) is 11.6. The van der Waals surface area contributed by atoms with E-state index in [1.807, 2.05) is 54.6 Å². The first-order valence-electron chi connectivity index (χ1n) is 11.6. The molecule has 1 N–H and O–H groups in total. The Morgan fingerprint density at radius 3 is 2.03 bits per heavy atom. The monoisotopic (exact) mass is 469 g/mol. The predicted octanol–water partition coefficient (Wildman–Crippen LogP) is 4.89. The van der Waals surface area contributed by atoms with E-state index in [1.165, 1.54) is 0 Å². The first-order chi connectivity index (χ1) is 17.1. The van der Waals surface area contributed by atoms with Gasteiger partial charge in [-0.25, -0.2) is 9.97 Å². The van der Waals surface area contributed by atoms with Crippen LogP contribution in [-0.4, -0.2) is 49.4 Å². The zero-order valence-electron chi connectivity index (χ0n) is 19.8. The van der Waals surface area contributed by atoms with Crippen molar-refractivity contribution in [2.75, 3.05) is 27.4 Å². The van der Waals surface area contributed by atoms with Crippen molar-refractivity contribution in [1.82, 2.24) is 15.3 Å². The van der Waals surface area contributed by atoms with Crippen LogP contribution in [0.5, 0.6) is 11.5 Å². The summed E-state index contributed by atoms with van der Waals surface area (Å²) in [7, 11) is 3.28. The Balaban J connectivity index is 1.54. The van der Waals surface area contributed by atoms with Crippen LogP contribution in [0.2, 0.25) is 0 Å². The van der Waals surface area contributed by atoms with Gasteiger partial charge >= 0.3 is 0 Å². The maximum atomic E-state index is 12.8. The molecule has 7 nitrogen and oxygen atoms in total. The Labute approximate surface area is 204 Å². The number of rotatable bonds is 7. The van der Waals surface area contributed by atoms with Gasteiger partial charge in [-0.05, 0) is 79.6 Å². The second-order valence-corrected chi connectivity index (χ2v) is 8.43. The Hall–Kier alpha value is -3.97. The molecule has 1 aromatic heterocycles. The standard InChI is InChI=1S/C28H27N3O4/c1-33-21-10-5-18(6-11-21)26-27(19-7-12-22(34-2)13-8-19)31-25-16-20(9-14-24(25)30-26)28(32)29-17-23-4-3-15-35-23/h5-14,16,23H,3-4,15,17H2,1-2H3,(H,29,32)/t23-/m1/s1. The molecule has 0 saturated carbocycles. The molecule has 0 bridgehead atoms. The van der Waals surface area contributed by atoms with Crippen LogP contribution in [0.25, 0.3) is 33.5 Å². The topological polar surface area (TPSA) is 82.6 Å². The van der Waals surface area contributed by atoms with Crippen LogP contribution in [0.4, 0.5) is 0 Å². The number of carbonyl (C=O) groups is 1. The number of carbonyl (C=O) groups excluding carboxylic acids is 1. The van der Waals surface area contributed by atoms with Gasteiger partial charge in [-0.2, -0.15) is 0 Å². The van der Waals surface area contributed by atoms with Gasteiger partial charge in [0.2, 0.25) is 0 Å². The van der Waals surface area contributed by atoms with Crippen molar-refractivity contribution < 1.29 is 19.0 Å². The maximum Gasteiger partial charge on any atom is 0.251 e. The van der Waals surface area contributed by atoms with E-state index < -0.39 is 0 Å². The van der Waals surface area contributed by atoms with E-state index in [0.717, 1.165) is 53.5 Å². The van der Waals surface area contributed by atoms with Gasteiger partial charge in [0, 0.05) is 29.8 Å². The molecule has 0 aliphatic carbocycles. The third-order valence-electron chi connectivity index (χ3n) is 6.17. The molecule has 1 saturated heterocycles. The molecule has 3 aromatic carbocycles. The first kappa shape index (κ1) is 22.8. The molecule has 1 aliphatic rings. The SMILES string of the molecule is COc1ccc(-c2nc3ccc(C(=O)NC[C@H]4CCCO4)cc3nc2-c2ccc(OC)cc2)cc1. The van der Waals surface area contributed by atoms with Gasteiger partial charge in [-0.1, -0.05) is 0 Å². The third kappa shape index (κ3) is 4.95. The minimum atomic E-state index is -0.144. The molecule has 1 atom stereocenters.